The lowest BCUT2D eigenvalue weighted by atomic mass is 10.6. The minimum atomic E-state index is -0.264. The molecule has 0 saturated heterocycles. The van der Waals surface area contributed by atoms with Gasteiger partial charge in [0, 0.05) is 0 Å². The van der Waals surface area contributed by atoms with E-state index in [0.717, 1.165) is 6.42 Å². The molecule has 0 aliphatic heterocycles. The molecule has 0 aliphatic rings. The Morgan fingerprint density at radius 2 is 1.36 bits per heavy atom. The van der Waals surface area contributed by atoms with Gasteiger partial charge in [0.2, 0.25) is 0 Å². The van der Waals surface area contributed by atoms with Crippen LogP contribution in [0.1, 0.15) is 13.3 Å². The van der Waals surface area contributed by atoms with Gasteiger partial charge in [-0.25, -0.2) is 0 Å². The van der Waals surface area contributed by atoms with Crippen LogP contribution in [0, 0.1) is 0 Å². The zero-order chi connectivity index (χ0) is 8.85. The van der Waals surface area contributed by atoms with Crippen molar-refractivity contribution < 1.29 is 0 Å². The second-order valence-corrected chi connectivity index (χ2v) is 9.34. The summed E-state index contributed by atoms with van der Waals surface area (Å²) in [6.07, 6.45) is 1.04. The normalized spacial score (nSPS) is 12.0. The third-order valence-corrected chi connectivity index (χ3v) is 5.70. The highest BCUT2D eigenvalue weighted by Crippen LogP contribution is 2.17. The first-order chi connectivity index (χ1) is 5.06. The summed E-state index contributed by atoms with van der Waals surface area (Å²) in [6, 6.07) is 0. The van der Waals surface area contributed by atoms with Crippen molar-refractivity contribution in [2.24, 2.45) is 0 Å². The van der Waals surface area contributed by atoms with Gasteiger partial charge in [-0.3, -0.25) is 0 Å². The molecule has 0 aromatic carbocycles. The predicted molar refractivity (Wildman–Crippen MR) is 56.5 cm³/mol. The summed E-state index contributed by atoms with van der Waals surface area (Å²) in [5.74, 6) is 0. The van der Waals surface area contributed by atoms with E-state index in [9.17, 15) is 0 Å². The van der Waals surface area contributed by atoms with Crippen LogP contribution in [0.3, 0.4) is 0 Å². The van der Waals surface area contributed by atoms with Gasteiger partial charge in [-0.15, -0.1) is 46.4 Å². The van der Waals surface area contributed by atoms with Crippen molar-refractivity contribution >= 4 is 65.4 Å². The maximum absolute atomic E-state index is 5.63. The zero-order valence-corrected chi connectivity index (χ0v) is 11.0. The topological polar surface area (TPSA) is 0 Å². The fourth-order valence-electron chi connectivity index (χ4n) is 0.588. The fourth-order valence-corrected chi connectivity index (χ4v) is 6.15. The van der Waals surface area contributed by atoms with Gasteiger partial charge in [-0.2, -0.15) is 0 Å². The Balaban J connectivity index is 3.58. The van der Waals surface area contributed by atoms with Gasteiger partial charge in [0.15, 0.2) is 0 Å². The first kappa shape index (κ1) is 12.6. The van der Waals surface area contributed by atoms with Gasteiger partial charge in [0.05, 0.1) is 28.0 Å². The van der Waals surface area contributed by atoms with E-state index in [1.807, 2.05) is 0 Å². The number of halogens is 4. The largest absolute Gasteiger partial charge is 0.110 e. The fraction of sp³-hybridized carbons (Fsp3) is 1.00. The van der Waals surface area contributed by atoms with Crippen LogP contribution < -0.4 is 0 Å². The van der Waals surface area contributed by atoms with Gasteiger partial charge < -0.3 is 0 Å². The maximum atomic E-state index is 5.63. The highest BCUT2D eigenvalue weighted by molar-refractivity contribution is 6.80. The van der Waals surface area contributed by atoms with Crippen LogP contribution >= 0.6 is 46.4 Å². The Morgan fingerprint density at radius 3 is 1.55 bits per heavy atom. The summed E-state index contributed by atoms with van der Waals surface area (Å²) in [6.45, 7) is 2.09. The maximum Gasteiger partial charge on any atom is 0.0928 e. The molecule has 0 nitrogen and oxygen atoms in total. The molecule has 0 unspecified atom stereocenters. The van der Waals surface area contributed by atoms with Gasteiger partial charge in [0.25, 0.3) is 0 Å². The highest BCUT2D eigenvalue weighted by atomic mass is 35.5. The van der Waals surface area contributed by atoms with E-state index < -0.39 is 0 Å². The third kappa shape index (κ3) is 7.94. The molecule has 64 valence electrons. The lowest BCUT2D eigenvalue weighted by Crippen LogP contribution is -2.20. The lowest BCUT2D eigenvalue weighted by Gasteiger charge is -2.12. The predicted octanol–water partition coefficient (Wildman–Crippen LogP) is 3.07. The minimum absolute atomic E-state index is 0.264. The smallest absolute Gasteiger partial charge is 0.0928 e. The van der Waals surface area contributed by atoms with E-state index >= 15 is 0 Å². The van der Waals surface area contributed by atoms with Crippen LogP contribution in [0.2, 0.25) is 5.16 Å². The lowest BCUT2D eigenvalue weighted by molar-refractivity contribution is 1.00. The number of alkyl halides is 4. The SMILES string of the molecule is CCC([Si]C(Cl)Cl)[Si]C(Cl)Cl. The standard InChI is InChI=1S/C5H8Cl4Si2/c1-2-3(10-4(6)7)11-5(8)9/h3-5H,2H2,1H3. The molecule has 0 rings (SSSR count). The number of hydrogen-bond acceptors (Lipinski definition) is 0. The summed E-state index contributed by atoms with van der Waals surface area (Å²) in [5, 5.41) is 0.495. The van der Waals surface area contributed by atoms with Crippen LogP contribution in [-0.4, -0.2) is 28.0 Å². The summed E-state index contributed by atoms with van der Waals surface area (Å²) in [7, 11) is 1.09. The average Bonchev–Trinajstić information content (AvgIpc) is 1.84. The van der Waals surface area contributed by atoms with Crippen LogP contribution in [0.15, 0.2) is 0 Å². The van der Waals surface area contributed by atoms with E-state index in [1.165, 1.54) is 0 Å². The van der Waals surface area contributed by atoms with Crippen molar-refractivity contribution in [1.29, 1.82) is 0 Å². The highest BCUT2D eigenvalue weighted by Gasteiger charge is 2.16. The summed E-state index contributed by atoms with van der Waals surface area (Å²) < 4.78 is -0.529. The molecule has 0 aromatic rings. The third-order valence-electron chi connectivity index (χ3n) is 1.06. The summed E-state index contributed by atoms with van der Waals surface area (Å²) in [4.78, 5) is 0. The van der Waals surface area contributed by atoms with E-state index in [-0.39, 0.29) is 8.92 Å². The quantitative estimate of drug-likeness (QED) is 0.530. The molecule has 0 atom stereocenters. The zero-order valence-electron chi connectivity index (χ0n) is 5.95. The summed E-state index contributed by atoms with van der Waals surface area (Å²) >= 11 is 22.5. The van der Waals surface area contributed by atoms with Crippen molar-refractivity contribution in [1.82, 2.24) is 0 Å². The second kappa shape index (κ2) is 7.04. The Morgan fingerprint density at radius 1 is 1.00 bits per heavy atom. The second-order valence-electron chi connectivity index (χ2n) is 1.90. The van der Waals surface area contributed by atoms with E-state index in [0.29, 0.717) is 24.2 Å². The van der Waals surface area contributed by atoms with Crippen molar-refractivity contribution in [2.75, 3.05) is 0 Å². The summed E-state index contributed by atoms with van der Waals surface area (Å²) in [5.41, 5.74) is 0. The number of rotatable bonds is 5. The van der Waals surface area contributed by atoms with E-state index in [2.05, 4.69) is 6.92 Å². The van der Waals surface area contributed by atoms with Gasteiger partial charge in [-0.05, 0) is 0 Å². The molecule has 4 radical (unpaired) electrons. The Hall–Kier alpha value is 1.59. The van der Waals surface area contributed by atoms with Crippen LogP contribution in [0.4, 0.5) is 0 Å². The molecule has 0 saturated carbocycles. The Bertz CT molecular complexity index is 88.5. The van der Waals surface area contributed by atoms with Crippen LogP contribution in [0.5, 0.6) is 0 Å². The van der Waals surface area contributed by atoms with Gasteiger partial charge in [-0.1, -0.05) is 18.5 Å². The average molecular weight is 266 g/mol. The Kier molecular flexibility index (Phi) is 8.06. The molecule has 0 N–H and O–H groups in total. The van der Waals surface area contributed by atoms with Crippen LogP contribution in [0.25, 0.3) is 0 Å². The molecule has 0 fully saturated rings. The Labute approximate surface area is 92.6 Å². The molecule has 11 heavy (non-hydrogen) atoms. The van der Waals surface area contributed by atoms with Crippen LogP contribution in [-0.2, 0) is 0 Å². The minimum Gasteiger partial charge on any atom is -0.110 e. The molecule has 0 amide bonds. The van der Waals surface area contributed by atoms with E-state index in [4.69, 9.17) is 46.4 Å². The van der Waals surface area contributed by atoms with Crippen molar-refractivity contribution in [3.05, 3.63) is 0 Å². The molecule has 0 heterocycles. The molecular weight excluding hydrogens is 258 g/mol. The van der Waals surface area contributed by atoms with Gasteiger partial charge >= 0.3 is 0 Å². The monoisotopic (exact) mass is 264 g/mol. The van der Waals surface area contributed by atoms with Crippen molar-refractivity contribution in [3.63, 3.8) is 0 Å². The first-order valence-electron chi connectivity index (χ1n) is 3.14. The number of hydrogen-bond donors (Lipinski definition) is 0. The molecule has 0 bridgehead atoms. The van der Waals surface area contributed by atoms with Crippen molar-refractivity contribution in [3.8, 4) is 0 Å². The van der Waals surface area contributed by atoms with Gasteiger partial charge in [0.1, 0.15) is 0 Å². The molecule has 0 aromatic heterocycles. The molecular formula is C5H8Cl4Si2. The first-order valence-corrected chi connectivity index (χ1v) is 7.20. The van der Waals surface area contributed by atoms with E-state index in [1.54, 1.807) is 0 Å². The molecule has 6 heteroatoms. The van der Waals surface area contributed by atoms with Crippen molar-refractivity contribution in [2.45, 2.75) is 27.4 Å². The molecule has 0 aliphatic carbocycles. The molecule has 0 spiro atoms.